The molecule has 0 saturated carbocycles. The first-order chi connectivity index (χ1) is 13.6. The molecular formula is C19H19N3O6. The van der Waals surface area contributed by atoms with E-state index in [-0.39, 0.29) is 24.3 Å². The molecule has 1 aromatic heterocycles. The van der Waals surface area contributed by atoms with Crippen LogP contribution in [0.5, 0.6) is 0 Å². The molecule has 9 nitrogen and oxygen atoms in total. The molecule has 0 bridgehead atoms. The lowest BCUT2D eigenvalue weighted by molar-refractivity contribution is -0.385. The van der Waals surface area contributed by atoms with Crippen LogP contribution >= 0.6 is 0 Å². The number of hydrogen-bond acceptors (Lipinski definition) is 7. The molecule has 1 atom stereocenters. The number of hydrogen-bond donors (Lipinski definition) is 0. The van der Waals surface area contributed by atoms with Gasteiger partial charge >= 0.3 is 11.7 Å². The van der Waals surface area contributed by atoms with Crippen LogP contribution in [0.3, 0.4) is 0 Å². The second-order valence-electron chi connectivity index (χ2n) is 6.01. The molecule has 0 N–H and O–H groups in total. The summed E-state index contributed by atoms with van der Waals surface area (Å²) in [5.41, 5.74) is 0.749. The summed E-state index contributed by atoms with van der Waals surface area (Å²) in [5.74, 6) is 4.97. The molecule has 3 rings (SSSR count). The Morgan fingerprint density at radius 2 is 2.18 bits per heavy atom. The summed E-state index contributed by atoms with van der Waals surface area (Å²) in [4.78, 5) is 22.3. The van der Waals surface area contributed by atoms with Crippen molar-refractivity contribution >= 4 is 11.7 Å². The zero-order chi connectivity index (χ0) is 19.9. The fraction of sp³-hybridized carbons (Fsp3) is 0.368. The average molecular weight is 385 g/mol. The van der Waals surface area contributed by atoms with Crippen molar-refractivity contribution in [1.82, 2.24) is 9.78 Å². The minimum absolute atomic E-state index is 0.0372. The highest BCUT2D eigenvalue weighted by atomic mass is 16.7. The van der Waals surface area contributed by atoms with E-state index < -0.39 is 10.9 Å². The Morgan fingerprint density at radius 3 is 2.82 bits per heavy atom. The van der Waals surface area contributed by atoms with Crippen LogP contribution in [0.2, 0.25) is 0 Å². The van der Waals surface area contributed by atoms with Crippen LogP contribution in [-0.4, -0.2) is 47.3 Å². The molecule has 0 aliphatic carbocycles. The molecule has 1 aromatic carbocycles. The molecule has 2 aromatic rings. The van der Waals surface area contributed by atoms with E-state index in [1.807, 2.05) is 0 Å². The molecule has 1 aliphatic rings. The van der Waals surface area contributed by atoms with Crippen molar-refractivity contribution in [1.29, 1.82) is 0 Å². The van der Waals surface area contributed by atoms with E-state index in [4.69, 9.17) is 9.47 Å². The molecule has 2 heterocycles. The summed E-state index contributed by atoms with van der Waals surface area (Å²) in [6, 6.07) is 6.34. The first kappa shape index (κ1) is 19.5. The van der Waals surface area contributed by atoms with Crippen molar-refractivity contribution in [2.24, 2.45) is 0 Å². The highest BCUT2D eigenvalue weighted by Gasteiger charge is 2.19. The maximum atomic E-state index is 11.5. The Balaban J connectivity index is 1.74. The molecule has 9 heteroatoms. The number of benzene rings is 1. The van der Waals surface area contributed by atoms with Gasteiger partial charge in [0, 0.05) is 6.61 Å². The second kappa shape index (κ2) is 9.12. The number of ether oxygens (including phenoxy) is 3. The largest absolute Gasteiger partial charge is 0.465 e. The van der Waals surface area contributed by atoms with Crippen LogP contribution in [0.4, 0.5) is 5.69 Å². The summed E-state index contributed by atoms with van der Waals surface area (Å²) in [5, 5.41) is 15.5. The third-order valence-electron chi connectivity index (χ3n) is 4.13. The van der Waals surface area contributed by atoms with E-state index in [2.05, 4.69) is 21.7 Å². The second-order valence-corrected chi connectivity index (χ2v) is 6.01. The molecule has 0 spiro atoms. The van der Waals surface area contributed by atoms with Crippen LogP contribution in [0.1, 0.15) is 35.3 Å². The lowest BCUT2D eigenvalue weighted by atomic mass is 10.2. The minimum atomic E-state index is -0.540. The van der Waals surface area contributed by atoms with E-state index in [0.717, 1.165) is 19.3 Å². The number of carbonyl (C=O) groups excluding carboxylic acids is 1. The van der Waals surface area contributed by atoms with Crippen LogP contribution in [0.15, 0.2) is 30.5 Å². The van der Waals surface area contributed by atoms with Crippen molar-refractivity contribution in [3.63, 3.8) is 0 Å². The van der Waals surface area contributed by atoms with Gasteiger partial charge in [0.25, 0.3) is 0 Å². The first-order valence-corrected chi connectivity index (χ1v) is 8.73. The number of methoxy groups -OCH3 is 1. The summed E-state index contributed by atoms with van der Waals surface area (Å²) in [7, 11) is 1.29. The van der Waals surface area contributed by atoms with Gasteiger partial charge in [0.05, 0.1) is 23.3 Å². The number of aromatic nitrogens is 2. The Bertz CT molecular complexity index is 904. The van der Waals surface area contributed by atoms with E-state index in [0.29, 0.717) is 17.9 Å². The van der Waals surface area contributed by atoms with Gasteiger partial charge in [0.2, 0.25) is 5.69 Å². The normalized spacial score (nSPS) is 16.1. The molecule has 0 unspecified atom stereocenters. The summed E-state index contributed by atoms with van der Waals surface area (Å²) >= 11 is 0. The SMILES string of the molecule is COC(=O)c1ccc(-n2cc([N+](=O)[O-])c(C#CCO[C@@H]3CCCCO3)n2)cc1. The zero-order valence-electron chi connectivity index (χ0n) is 15.3. The topological polar surface area (TPSA) is 106 Å². The van der Waals surface area contributed by atoms with Crippen LogP contribution in [-0.2, 0) is 14.2 Å². The Kier molecular flexibility index (Phi) is 6.37. The average Bonchev–Trinajstić information content (AvgIpc) is 3.16. The molecule has 1 fully saturated rings. The Labute approximate surface area is 161 Å². The number of nitrogens with zero attached hydrogens (tertiary/aromatic N) is 3. The van der Waals surface area contributed by atoms with Crippen molar-refractivity contribution in [2.75, 3.05) is 20.3 Å². The smallest absolute Gasteiger partial charge is 0.337 e. The quantitative estimate of drug-likeness (QED) is 0.337. The van der Waals surface area contributed by atoms with Gasteiger partial charge in [-0.15, -0.1) is 0 Å². The molecule has 1 aliphatic heterocycles. The van der Waals surface area contributed by atoms with Gasteiger partial charge in [-0.05, 0) is 49.4 Å². The maximum Gasteiger partial charge on any atom is 0.337 e. The molecule has 1 saturated heterocycles. The first-order valence-electron chi connectivity index (χ1n) is 8.73. The molecule has 0 amide bonds. The van der Waals surface area contributed by atoms with Crippen molar-refractivity contribution in [2.45, 2.75) is 25.6 Å². The van der Waals surface area contributed by atoms with E-state index in [1.54, 1.807) is 24.3 Å². The standard InChI is InChI=1S/C19H19N3O6/c1-26-19(23)14-7-9-15(10-8-14)21-13-17(22(24)25)16(20-21)5-4-12-28-18-6-2-3-11-27-18/h7-10,13,18H,2-3,6,11-12H2,1H3/t18-/m1/s1. The van der Waals surface area contributed by atoms with Crippen molar-refractivity contribution < 1.29 is 23.9 Å². The van der Waals surface area contributed by atoms with Gasteiger partial charge in [-0.25, -0.2) is 9.48 Å². The van der Waals surface area contributed by atoms with Crippen LogP contribution in [0, 0.1) is 22.0 Å². The molecule has 146 valence electrons. The van der Waals surface area contributed by atoms with Crippen LogP contribution < -0.4 is 0 Å². The number of nitro groups is 1. The van der Waals surface area contributed by atoms with Gasteiger partial charge in [0.15, 0.2) is 6.29 Å². The fourth-order valence-electron chi connectivity index (χ4n) is 2.68. The lowest BCUT2D eigenvalue weighted by Gasteiger charge is -2.21. The molecule has 0 radical (unpaired) electrons. The number of esters is 1. The summed E-state index contributed by atoms with van der Waals surface area (Å²) in [6.07, 6.45) is 3.89. The predicted octanol–water partition coefficient (Wildman–Crippen LogP) is 2.46. The van der Waals surface area contributed by atoms with Gasteiger partial charge in [-0.1, -0.05) is 5.92 Å². The number of carbonyl (C=O) groups is 1. The third-order valence-corrected chi connectivity index (χ3v) is 4.13. The Morgan fingerprint density at radius 1 is 1.39 bits per heavy atom. The van der Waals surface area contributed by atoms with Crippen LogP contribution in [0.25, 0.3) is 5.69 Å². The van der Waals surface area contributed by atoms with Gasteiger partial charge < -0.3 is 14.2 Å². The predicted molar refractivity (Wildman–Crippen MR) is 98.0 cm³/mol. The van der Waals surface area contributed by atoms with E-state index in [9.17, 15) is 14.9 Å². The van der Waals surface area contributed by atoms with E-state index in [1.165, 1.54) is 18.0 Å². The zero-order valence-corrected chi connectivity index (χ0v) is 15.3. The third kappa shape index (κ3) is 4.73. The number of rotatable bonds is 5. The van der Waals surface area contributed by atoms with Crippen molar-refractivity contribution in [3.8, 4) is 17.5 Å². The monoisotopic (exact) mass is 385 g/mol. The van der Waals surface area contributed by atoms with Gasteiger partial charge in [0.1, 0.15) is 12.8 Å². The maximum absolute atomic E-state index is 11.5. The van der Waals surface area contributed by atoms with Crippen molar-refractivity contribution in [3.05, 3.63) is 51.8 Å². The summed E-state index contributed by atoms with van der Waals surface area (Å²) < 4.78 is 16.9. The fourth-order valence-corrected chi connectivity index (χ4v) is 2.68. The highest BCUT2D eigenvalue weighted by Crippen LogP contribution is 2.19. The van der Waals surface area contributed by atoms with E-state index >= 15 is 0 Å². The Hall–Kier alpha value is -3.22. The molecule has 28 heavy (non-hydrogen) atoms. The van der Waals surface area contributed by atoms with Gasteiger partial charge in [-0.2, -0.15) is 5.10 Å². The highest BCUT2D eigenvalue weighted by molar-refractivity contribution is 5.89. The lowest BCUT2D eigenvalue weighted by Crippen LogP contribution is -2.22. The summed E-state index contributed by atoms with van der Waals surface area (Å²) in [6.45, 7) is 0.769. The minimum Gasteiger partial charge on any atom is -0.465 e. The molecular weight excluding hydrogens is 366 g/mol. The van der Waals surface area contributed by atoms with Gasteiger partial charge in [-0.3, -0.25) is 10.1 Å².